The molecule has 0 aromatic carbocycles. The molecule has 0 heterocycles. The summed E-state index contributed by atoms with van der Waals surface area (Å²) in [4.78, 5) is 0. The predicted octanol–water partition coefficient (Wildman–Crippen LogP) is -4.08. The molecule has 11 N–H and O–H groups in total. The Hall–Kier alpha value is -0.980. The van der Waals surface area contributed by atoms with E-state index in [9.17, 15) is 0 Å². The quantitative estimate of drug-likeness (QED) is 0.136. The molecule has 0 spiro atoms. The van der Waals surface area contributed by atoms with Crippen LogP contribution < -0.4 is 16.6 Å². The number of guanidine groups is 1. The average molecular weight is 248 g/mol. The van der Waals surface area contributed by atoms with Crippen LogP contribution in [0.5, 0.6) is 0 Å². The van der Waals surface area contributed by atoms with E-state index in [2.05, 4.69) is 16.6 Å². The van der Waals surface area contributed by atoms with Crippen molar-refractivity contribution in [2.24, 2.45) is 16.6 Å². The highest BCUT2D eigenvalue weighted by atomic mass is 32.2. The second-order valence-electron chi connectivity index (χ2n) is 1.99. The van der Waals surface area contributed by atoms with Crippen LogP contribution in [-0.4, -0.2) is 53.6 Å². The lowest BCUT2D eigenvalue weighted by molar-refractivity contribution is 0.0450. The maximum Gasteiger partial charge on any atom is 0.330 e. The Balaban J connectivity index is -0.000000147. The molecule has 0 amide bonds. The van der Waals surface area contributed by atoms with E-state index < -0.39 is 16.4 Å². The molecule has 15 heavy (non-hydrogen) atoms. The largest absolute Gasteiger partial charge is 0.394 e. The number of nitrogens with one attached hydrogen (secondary N) is 1. The Morgan fingerprint density at radius 1 is 1.27 bits per heavy atom. The SMILES string of the molecule is N=C(N)N.NS(=O)(=O)O.OCC(O)CO. The van der Waals surface area contributed by atoms with Gasteiger partial charge in [-0.3, -0.25) is 9.96 Å². The molecule has 0 aromatic heterocycles. The normalized spacial score (nSPS) is 9.47. The van der Waals surface area contributed by atoms with E-state index in [4.69, 9.17) is 33.7 Å². The third-order valence-corrected chi connectivity index (χ3v) is 0.421. The van der Waals surface area contributed by atoms with E-state index in [1.54, 1.807) is 0 Å². The molecule has 0 saturated carbocycles. The first-order valence-electron chi connectivity index (χ1n) is 3.29. The van der Waals surface area contributed by atoms with Crippen LogP contribution in [0.1, 0.15) is 0 Å². The van der Waals surface area contributed by atoms with Crippen LogP contribution >= 0.6 is 0 Å². The van der Waals surface area contributed by atoms with Crippen molar-refractivity contribution < 1.29 is 28.3 Å². The molecular formula is C4H16N4O6S. The van der Waals surface area contributed by atoms with Gasteiger partial charge >= 0.3 is 10.3 Å². The van der Waals surface area contributed by atoms with Crippen molar-refractivity contribution in [1.82, 2.24) is 0 Å². The number of aliphatic hydroxyl groups excluding tert-OH is 3. The highest BCUT2D eigenvalue weighted by molar-refractivity contribution is 7.83. The van der Waals surface area contributed by atoms with E-state index in [1.165, 1.54) is 0 Å². The summed E-state index contributed by atoms with van der Waals surface area (Å²) in [5.41, 5.74) is 8.94. The van der Waals surface area contributed by atoms with Crippen molar-refractivity contribution in [2.75, 3.05) is 13.2 Å². The highest BCUT2D eigenvalue weighted by Crippen LogP contribution is 1.71. The van der Waals surface area contributed by atoms with Gasteiger partial charge in [-0.05, 0) is 0 Å². The van der Waals surface area contributed by atoms with E-state index in [1.807, 2.05) is 0 Å². The molecule has 0 aliphatic carbocycles. The Morgan fingerprint density at radius 3 is 1.40 bits per heavy atom. The Labute approximate surface area is 86.7 Å². The molecule has 0 rings (SSSR count). The van der Waals surface area contributed by atoms with E-state index in [0.29, 0.717) is 0 Å². The van der Waals surface area contributed by atoms with Gasteiger partial charge in [0.05, 0.1) is 13.2 Å². The molecular weight excluding hydrogens is 232 g/mol. The molecule has 11 heteroatoms. The number of hydrogen-bond donors (Lipinski definition) is 8. The molecule has 94 valence electrons. The Morgan fingerprint density at radius 2 is 1.40 bits per heavy atom. The lowest BCUT2D eigenvalue weighted by Gasteiger charge is -1.96. The van der Waals surface area contributed by atoms with Gasteiger partial charge in [0.1, 0.15) is 6.10 Å². The van der Waals surface area contributed by atoms with E-state index >= 15 is 0 Å². The Kier molecular flexibility index (Phi) is 14.5. The van der Waals surface area contributed by atoms with E-state index in [-0.39, 0.29) is 19.2 Å². The highest BCUT2D eigenvalue weighted by Gasteiger charge is 1.93. The predicted molar refractivity (Wildman–Crippen MR) is 52.0 cm³/mol. The van der Waals surface area contributed by atoms with Crippen molar-refractivity contribution in [1.29, 1.82) is 5.41 Å². The number of rotatable bonds is 2. The molecule has 0 unspecified atom stereocenters. The molecule has 0 bridgehead atoms. The zero-order valence-electron chi connectivity index (χ0n) is 7.74. The molecule has 0 fully saturated rings. The number of nitrogens with two attached hydrogens (primary N) is 3. The number of hydrogen-bond acceptors (Lipinski definition) is 6. The fourth-order valence-electron chi connectivity index (χ4n) is 0.0577. The third kappa shape index (κ3) is 173. The molecule has 0 aliphatic rings. The molecule has 0 atom stereocenters. The van der Waals surface area contributed by atoms with Gasteiger partial charge < -0.3 is 26.8 Å². The summed E-state index contributed by atoms with van der Waals surface area (Å²) in [6, 6.07) is 0. The fourth-order valence-corrected chi connectivity index (χ4v) is 0.0577. The van der Waals surface area contributed by atoms with Crippen LogP contribution in [-0.2, 0) is 10.3 Å². The van der Waals surface area contributed by atoms with Crippen LogP contribution in [0.15, 0.2) is 0 Å². The minimum absolute atomic E-state index is 0.333. The van der Waals surface area contributed by atoms with Gasteiger partial charge in [-0.2, -0.15) is 8.42 Å². The summed E-state index contributed by atoms with van der Waals surface area (Å²) in [6.07, 6.45) is -0.954. The second-order valence-corrected chi connectivity index (χ2v) is 3.02. The van der Waals surface area contributed by atoms with Crippen molar-refractivity contribution in [3.05, 3.63) is 0 Å². The summed E-state index contributed by atoms with van der Waals surface area (Å²) >= 11 is 0. The summed E-state index contributed by atoms with van der Waals surface area (Å²) in [5.74, 6) is -0.333. The minimum Gasteiger partial charge on any atom is -0.394 e. The van der Waals surface area contributed by atoms with Crippen LogP contribution in [0.2, 0.25) is 0 Å². The summed E-state index contributed by atoms with van der Waals surface area (Å²) in [7, 11) is -4.17. The summed E-state index contributed by atoms with van der Waals surface area (Å²) in [6.45, 7) is -0.729. The lowest BCUT2D eigenvalue weighted by atomic mass is 10.4. The molecule has 0 radical (unpaired) electrons. The van der Waals surface area contributed by atoms with Crippen molar-refractivity contribution in [3.63, 3.8) is 0 Å². The third-order valence-electron chi connectivity index (χ3n) is 0.421. The first kappa shape index (κ1) is 19.6. The standard InChI is InChI=1S/C3H8O3.CH5N3.H3NO3S/c4-1-3(6)2-5;2-1(3)4;1-5(2,3)4/h3-6H,1-2H2;(H5,2,3,4);(H3,1,2,3,4). The van der Waals surface area contributed by atoms with Gasteiger partial charge in [0.15, 0.2) is 5.96 Å². The molecule has 0 aliphatic heterocycles. The van der Waals surface area contributed by atoms with Gasteiger partial charge in [0.25, 0.3) is 0 Å². The average Bonchev–Trinajstić information content (AvgIpc) is 1.99. The molecule has 0 aromatic rings. The smallest absolute Gasteiger partial charge is 0.330 e. The van der Waals surface area contributed by atoms with Gasteiger partial charge in [0, 0.05) is 0 Å². The second kappa shape index (κ2) is 11.1. The lowest BCUT2D eigenvalue weighted by Crippen LogP contribution is -2.20. The van der Waals surface area contributed by atoms with Crippen molar-refractivity contribution in [2.45, 2.75) is 6.10 Å². The van der Waals surface area contributed by atoms with Gasteiger partial charge in [-0.25, -0.2) is 5.14 Å². The van der Waals surface area contributed by atoms with Crippen LogP contribution in [0.25, 0.3) is 0 Å². The topological polar surface area (TPSA) is 217 Å². The zero-order valence-corrected chi connectivity index (χ0v) is 8.55. The van der Waals surface area contributed by atoms with Crippen molar-refractivity contribution >= 4 is 16.3 Å². The van der Waals surface area contributed by atoms with Crippen LogP contribution in [0.3, 0.4) is 0 Å². The minimum atomic E-state index is -4.17. The monoisotopic (exact) mass is 248 g/mol. The van der Waals surface area contributed by atoms with Gasteiger partial charge in [-0.1, -0.05) is 0 Å². The number of aliphatic hydroxyl groups is 3. The zero-order chi connectivity index (χ0) is 13.1. The fraction of sp³-hybridized carbons (Fsp3) is 0.750. The molecule has 0 saturated heterocycles. The maximum atomic E-state index is 8.97. The van der Waals surface area contributed by atoms with Gasteiger partial charge in [0.2, 0.25) is 0 Å². The van der Waals surface area contributed by atoms with Gasteiger partial charge in [-0.15, -0.1) is 0 Å². The van der Waals surface area contributed by atoms with E-state index in [0.717, 1.165) is 0 Å². The summed E-state index contributed by atoms with van der Waals surface area (Å²) in [5, 5.41) is 34.0. The van der Waals surface area contributed by atoms with Crippen LogP contribution in [0.4, 0.5) is 0 Å². The summed E-state index contributed by atoms with van der Waals surface area (Å²) < 4.78 is 25.2. The first-order chi connectivity index (χ1) is 6.54. The van der Waals surface area contributed by atoms with Crippen LogP contribution in [0, 0.1) is 5.41 Å². The molecule has 10 nitrogen and oxygen atoms in total. The maximum absolute atomic E-state index is 8.97. The Bertz CT molecular complexity index is 226. The first-order valence-corrected chi connectivity index (χ1v) is 4.79. The van der Waals surface area contributed by atoms with Crippen molar-refractivity contribution in [3.8, 4) is 0 Å².